The summed E-state index contributed by atoms with van der Waals surface area (Å²) < 4.78 is 16.7. The maximum atomic E-state index is 5.68. The van der Waals surface area contributed by atoms with Crippen molar-refractivity contribution in [1.82, 2.24) is 15.5 Å². The fourth-order valence-electron chi connectivity index (χ4n) is 4.28. The molecule has 2 aliphatic heterocycles. The van der Waals surface area contributed by atoms with Crippen molar-refractivity contribution in [1.29, 1.82) is 0 Å². The Morgan fingerprint density at radius 1 is 1.03 bits per heavy atom. The number of guanidine groups is 1. The third kappa shape index (κ3) is 7.37. The average Bonchev–Trinajstić information content (AvgIpc) is 2.82. The van der Waals surface area contributed by atoms with Crippen molar-refractivity contribution in [2.24, 2.45) is 4.99 Å². The first-order valence-electron chi connectivity index (χ1n) is 11.9. The number of aliphatic imine (C=N–C) groups is 1. The topological polar surface area (TPSA) is 67.4 Å². The van der Waals surface area contributed by atoms with Crippen molar-refractivity contribution in [3.8, 4) is 5.75 Å². The van der Waals surface area contributed by atoms with Crippen LogP contribution in [0.1, 0.15) is 38.7 Å². The van der Waals surface area contributed by atoms with Crippen LogP contribution in [0.25, 0.3) is 0 Å². The molecule has 1 aromatic carbocycles. The molecule has 0 saturated carbocycles. The second-order valence-electron chi connectivity index (χ2n) is 8.28. The van der Waals surface area contributed by atoms with E-state index >= 15 is 0 Å². The van der Waals surface area contributed by atoms with Crippen LogP contribution in [-0.4, -0.2) is 83.2 Å². The van der Waals surface area contributed by atoms with Gasteiger partial charge in [-0.05, 0) is 57.4 Å². The van der Waals surface area contributed by atoms with Crippen LogP contribution in [0.5, 0.6) is 5.75 Å². The van der Waals surface area contributed by atoms with E-state index in [2.05, 4.69) is 46.7 Å². The summed E-state index contributed by atoms with van der Waals surface area (Å²) in [4.78, 5) is 7.47. The van der Waals surface area contributed by atoms with Crippen molar-refractivity contribution in [2.75, 3.05) is 72.3 Å². The molecule has 0 aromatic heterocycles. The molecule has 2 fully saturated rings. The smallest absolute Gasteiger partial charge is 0.191 e. The van der Waals surface area contributed by atoms with Gasteiger partial charge in [-0.15, -0.1) is 0 Å². The van der Waals surface area contributed by atoms with Crippen LogP contribution >= 0.6 is 0 Å². The summed E-state index contributed by atoms with van der Waals surface area (Å²) in [6.45, 7) is 13.8. The van der Waals surface area contributed by atoms with Crippen LogP contribution in [0.3, 0.4) is 0 Å². The van der Waals surface area contributed by atoms with Crippen LogP contribution in [0, 0.1) is 0 Å². The van der Waals surface area contributed by atoms with Crippen LogP contribution in [0.2, 0.25) is 0 Å². The second-order valence-corrected chi connectivity index (χ2v) is 8.28. The highest BCUT2D eigenvalue weighted by Gasteiger charge is 2.34. The van der Waals surface area contributed by atoms with E-state index in [9.17, 15) is 0 Å². The number of hydrogen-bond donors (Lipinski definition) is 2. The lowest BCUT2D eigenvalue weighted by molar-refractivity contribution is 0.0376. The SMILES string of the molecule is CCNC(=NCC1(c2ccc(OCC)cc2)CCOCC1)NCCCN1CCOCC1. The first-order valence-corrected chi connectivity index (χ1v) is 11.9. The van der Waals surface area contributed by atoms with Gasteiger partial charge < -0.3 is 24.8 Å². The molecule has 3 rings (SSSR count). The average molecular weight is 433 g/mol. The Kier molecular flexibility index (Phi) is 9.90. The van der Waals surface area contributed by atoms with Gasteiger partial charge in [0.25, 0.3) is 0 Å². The molecule has 0 aliphatic carbocycles. The largest absolute Gasteiger partial charge is 0.494 e. The predicted molar refractivity (Wildman–Crippen MR) is 125 cm³/mol. The molecule has 2 heterocycles. The van der Waals surface area contributed by atoms with Gasteiger partial charge in [-0.3, -0.25) is 9.89 Å². The normalized spacial score (nSPS) is 19.7. The number of benzene rings is 1. The summed E-state index contributed by atoms with van der Waals surface area (Å²) in [5.41, 5.74) is 1.34. The Hall–Kier alpha value is -1.83. The van der Waals surface area contributed by atoms with Gasteiger partial charge in [-0.2, -0.15) is 0 Å². The van der Waals surface area contributed by atoms with Gasteiger partial charge in [0.1, 0.15) is 5.75 Å². The molecule has 31 heavy (non-hydrogen) atoms. The Morgan fingerprint density at radius 3 is 2.42 bits per heavy atom. The van der Waals surface area contributed by atoms with Crippen LogP contribution in [0.15, 0.2) is 29.3 Å². The van der Waals surface area contributed by atoms with E-state index in [0.29, 0.717) is 6.61 Å². The van der Waals surface area contributed by atoms with Crippen molar-refractivity contribution in [3.05, 3.63) is 29.8 Å². The van der Waals surface area contributed by atoms with E-state index < -0.39 is 0 Å². The molecule has 0 spiro atoms. The lowest BCUT2D eigenvalue weighted by Gasteiger charge is -2.36. The number of morpholine rings is 1. The van der Waals surface area contributed by atoms with Crippen LogP contribution in [0.4, 0.5) is 0 Å². The van der Waals surface area contributed by atoms with Gasteiger partial charge >= 0.3 is 0 Å². The van der Waals surface area contributed by atoms with E-state index in [0.717, 1.165) is 96.7 Å². The number of ether oxygens (including phenoxy) is 3. The maximum absolute atomic E-state index is 5.68. The minimum atomic E-state index is 0.0130. The fourth-order valence-corrected chi connectivity index (χ4v) is 4.28. The van der Waals surface area contributed by atoms with E-state index in [4.69, 9.17) is 19.2 Å². The Balaban J connectivity index is 1.59. The fraction of sp³-hybridized carbons (Fsp3) is 0.708. The van der Waals surface area contributed by atoms with Gasteiger partial charge in [-0.1, -0.05) is 12.1 Å². The minimum Gasteiger partial charge on any atom is -0.494 e. The van der Waals surface area contributed by atoms with Crippen molar-refractivity contribution in [3.63, 3.8) is 0 Å². The first-order chi connectivity index (χ1) is 15.3. The molecule has 2 N–H and O–H groups in total. The third-order valence-electron chi connectivity index (χ3n) is 6.16. The summed E-state index contributed by atoms with van der Waals surface area (Å²) in [6.07, 6.45) is 3.07. The van der Waals surface area contributed by atoms with Gasteiger partial charge in [0.15, 0.2) is 5.96 Å². The van der Waals surface area contributed by atoms with E-state index in [1.807, 2.05) is 6.92 Å². The van der Waals surface area contributed by atoms with Gasteiger partial charge in [0.05, 0.1) is 26.4 Å². The van der Waals surface area contributed by atoms with Gasteiger partial charge in [0, 0.05) is 44.8 Å². The highest BCUT2D eigenvalue weighted by Crippen LogP contribution is 2.36. The second kappa shape index (κ2) is 12.9. The zero-order valence-electron chi connectivity index (χ0n) is 19.3. The summed E-state index contributed by atoms with van der Waals surface area (Å²) in [7, 11) is 0. The van der Waals surface area contributed by atoms with E-state index in [1.165, 1.54) is 5.56 Å². The van der Waals surface area contributed by atoms with Crippen LogP contribution in [-0.2, 0) is 14.9 Å². The summed E-state index contributed by atoms with van der Waals surface area (Å²) in [5, 5.41) is 6.93. The number of rotatable bonds is 10. The van der Waals surface area contributed by atoms with Gasteiger partial charge in [-0.25, -0.2) is 0 Å². The number of nitrogens with one attached hydrogen (secondary N) is 2. The Labute approximate surface area is 187 Å². The molecule has 0 unspecified atom stereocenters. The zero-order chi connectivity index (χ0) is 21.8. The Morgan fingerprint density at radius 2 is 1.74 bits per heavy atom. The maximum Gasteiger partial charge on any atom is 0.191 e. The zero-order valence-corrected chi connectivity index (χ0v) is 19.3. The summed E-state index contributed by atoms with van der Waals surface area (Å²) in [5.74, 6) is 1.83. The molecular formula is C24H40N4O3. The summed E-state index contributed by atoms with van der Waals surface area (Å²) >= 11 is 0. The van der Waals surface area contributed by atoms with Crippen LogP contribution < -0.4 is 15.4 Å². The van der Waals surface area contributed by atoms with Crippen molar-refractivity contribution in [2.45, 2.75) is 38.5 Å². The molecular weight excluding hydrogens is 392 g/mol. The molecule has 174 valence electrons. The van der Waals surface area contributed by atoms with E-state index in [-0.39, 0.29) is 5.41 Å². The lowest BCUT2D eigenvalue weighted by atomic mass is 9.74. The van der Waals surface area contributed by atoms with Crippen molar-refractivity contribution < 1.29 is 14.2 Å². The highest BCUT2D eigenvalue weighted by atomic mass is 16.5. The van der Waals surface area contributed by atoms with E-state index in [1.54, 1.807) is 0 Å². The Bertz CT molecular complexity index is 653. The van der Waals surface area contributed by atoms with Crippen molar-refractivity contribution >= 4 is 5.96 Å². The third-order valence-corrected chi connectivity index (χ3v) is 6.16. The number of nitrogens with zero attached hydrogens (tertiary/aromatic N) is 2. The molecule has 0 amide bonds. The monoisotopic (exact) mass is 432 g/mol. The molecule has 0 radical (unpaired) electrons. The molecule has 7 heteroatoms. The molecule has 1 aromatic rings. The minimum absolute atomic E-state index is 0.0130. The lowest BCUT2D eigenvalue weighted by Crippen LogP contribution is -2.42. The molecule has 0 atom stereocenters. The van der Waals surface area contributed by atoms with Gasteiger partial charge in [0.2, 0.25) is 0 Å². The molecule has 7 nitrogen and oxygen atoms in total. The predicted octanol–water partition coefficient (Wildman–Crippen LogP) is 2.41. The quantitative estimate of drug-likeness (QED) is 0.336. The summed E-state index contributed by atoms with van der Waals surface area (Å²) in [6, 6.07) is 8.56. The first kappa shape index (κ1) is 23.8. The standard InChI is InChI=1S/C24H40N4O3/c1-3-25-23(26-12-5-13-28-14-18-30-19-15-28)27-20-24(10-16-29-17-11-24)21-6-8-22(9-7-21)31-4-2/h6-9H,3-5,10-20H2,1-2H3,(H2,25,26,27). The molecule has 0 bridgehead atoms. The number of hydrogen-bond acceptors (Lipinski definition) is 5. The highest BCUT2D eigenvalue weighted by molar-refractivity contribution is 5.79. The molecule has 2 saturated heterocycles. The molecule has 2 aliphatic rings.